The zero-order chi connectivity index (χ0) is 18.6. The lowest BCUT2D eigenvalue weighted by molar-refractivity contribution is -0.121. The fraction of sp³-hybridized carbons (Fsp3) is 0.278. The lowest BCUT2D eigenvalue weighted by Crippen LogP contribution is -2.33. The molecule has 0 atom stereocenters. The summed E-state index contributed by atoms with van der Waals surface area (Å²) in [5.74, 6) is -0.0476. The van der Waals surface area contributed by atoms with E-state index in [2.05, 4.69) is 20.7 Å². The van der Waals surface area contributed by atoms with Gasteiger partial charge in [0.15, 0.2) is 0 Å². The van der Waals surface area contributed by atoms with E-state index in [4.69, 9.17) is 0 Å². The van der Waals surface area contributed by atoms with Gasteiger partial charge in [0.05, 0.1) is 10.3 Å². The summed E-state index contributed by atoms with van der Waals surface area (Å²) in [5, 5.41) is 0. The largest absolute Gasteiger partial charge is 0.314 e. The number of amides is 1. The highest BCUT2D eigenvalue weighted by Crippen LogP contribution is 2.41. The van der Waals surface area contributed by atoms with Gasteiger partial charge in [0.25, 0.3) is 10.0 Å². The van der Waals surface area contributed by atoms with Crippen LogP contribution in [0.1, 0.15) is 25.0 Å². The second kappa shape index (κ2) is 5.85. The number of benzene rings is 2. The van der Waals surface area contributed by atoms with Crippen LogP contribution in [0.4, 0.5) is 11.4 Å². The number of anilines is 2. The van der Waals surface area contributed by atoms with Gasteiger partial charge in [-0.15, -0.1) is 0 Å². The van der Waals surface area contributed by atoms with E-state index in [9.17, 15) is 13.2 Å². The fourth-order valence-electron chi connectivity index (χ4n) is 3.04. The number of rotatable bonds is 3. The first-order valence-electron chi connectivity index (χ1n) is 7.76. The van der Waals surface area contributed by atoms with Crippen molar-refractivity contribution in [1.82, 2.24) is 0 Å². The summed E-state index contributed by atoms with van der Waals surface area (Å²) < 4.78 is 29.0. The van der Waals surface area contributed by atoms with Crippen LogP contribution in [-0.2, 0) is 20.2 Å². The number of sulfonamides is 1. The van der Waals surface area contributed by atoms with Gasteiger partial charge in [-0.3, -0.25) is 9.52 Å². The second-order valence-corrected chi connectivity index (χ2v) is 9.27. The lowest BCUT2D eigenvalue weighted by Gasteiger charge is -2.17. The van der Waals surface area contributed by atoms with E-state index in [-0.39, 0.29) is 10.8 Å². The summed E-state index contributed by atoms with van der Waals surface area (Å²) in [6, 6.07) is 10.1. The molecular weight excluding hydrogens is 404 g/mol. The summed E-state index contributed by atoms with van der Waals surface area (Å²) in [6.07, 6.45) is 0. The second-order valence-electron chi connectivity index (χ2n) is 6.74. The van der Waals surface area contributed by atoms with E-state index in [1.807, 2.05) is 6.92 Å². The molecule has 0 saturated heterocycles. The number of likely N-dealkylation sites (N-methyl/N-ethyl adjacent to an activating group) is 1. The molecule has 0 saturated carbocycles. The van der Waals surface area contributed by atoms with Gasteiger partial charge >= 0.3 is 0 Å². The minimum Gasteiger partial charge on any atom is -0.314 e. The highest BCUT2D eigenvalue weighted by atomic mass is 79.9. The average Bonchev–Trinajstić information content (AvgIpc) is 2.71. The van der Waals surface area contributed by atoms with Crippen molar-refractivity contribution in [2.45, 2.75) is 31.1 Å². The Kier molecular flexibility index (Phi) is 4.20. The van der Waals surface area contributed by atoms with Crippen molar-refractivity contribution in [2.24, 2.45) is 0 Å². The molecule has 5 nitrogen and oxygen atoms in total. The lowest BCUT2D eigenvalue weighted by atomic mass is 9.86. The topological polar surface area (TPSA) is 66.5 Å². The maximum atomic E-state index is 12.8. The number of fused-ring (bicyclic) bond motifs is 1. The smallest absolute Gasteiger partial charge is 0.261 e. The Hall–Kier alpha value is -1.86. The van der Waals surface area contributed by atoms with Crippen LogP contribution in [0.5, 0.6) is 0 Å². The van der Waals surface area contributed by atoms with E-state index in [1.54, 1.807) is 56.1 Å². The summed E-state index contributed by atoms with van der Waals surface area (Å²) >= 11 is 3.40. The standard InChI is InChI=1S/C18H19BrN2O3S/c1-11-9-12(5-7-15(11)19)20-25(23,24)13-6-8-16-14(10-13)18(2,3)17(22)21(16)4/h5-10,20H,1-4H3. The van der Waals surface area contributed by atoms with Crippen molar-refractivity contribution in [3.05, 3.63) is 52.0 Å². The first-order valence-corrected chi connectivity index (χ1v) is 10.0. The summed E-state index contributed by atoms with van der Waals surface area (Å²) in [6.45, 7) is 5.50. The zero-order valence-electron chi connectivity index (χ0n) is 14.4. The molecule has 25 heavy (non-hydrogen) atoms. The van der Waals surface area contributed by atoms with E-state index in [1.165, 1.54) is 6.07 Å². The van der Waals surface area contributed by atoms with E-state index < -0.39 is 15.4 Å². The van der Waals surface area contributed by atoms with Crippen LogP contribution in [0.2, 0.25) is 0 Å². The number of carbonyl (C=O) groups is 1. The quantitative estimate of drug-likeness (QED) is 0.817. The molecule has 0 fully saturated rings. The molecule has 0 bridgehead atoms. The van der Waals surface area contributed by atoms with Crippen molar-refractivity contribution in [2.75, 3.05) is 16.7 Å². The maximum absolute atomic E-state index is 12.8. The third-order valence-corrected chi connectivity index (χ3v) is 6.83. The van der Waals surface area contributed by atoms with Crippen LogP contribution < -0.4 is 9.62 Å². The molecule has 3 rings (SSSR count). The Morgan fingerprint density at radius 1 is 1.12 bits per heavy atom. The first kappa shape index (κ1) is 17.9. The average molecular weight is 423 g/mol. The molecule has 2 aromatic rings. The highest BCUT2D eigenvalue weighted by Gasteiger charge is 2.42. The van der Waals surface area contributed by atoms with Gasteiger partial charge < -0.3 is 4.90 Å². The third kappa shape index (κ3) is 2.95. The monoisotopic (exact) mass is 422 g/mol. The predicted molar refractivity (Wildman–Crippen MR) is 103 cm³/mol. The Morgan fingerprint density at radius 2 is 1.80 bits per heavy atom. The Bertz CT molecular complexity index is 984. The Balaban J connectivity index is 2.01. The number of halogens is 1. The molecule has 1 amide bonds. The molecule has 2 aromatic carbocycles. The van der Waals surface area contributed by atoms with Gasteiger partial charge in [0.1, 0.15) is 0 Å². The normalized spacial score (nSPS) is 16.0. The number of aryl methyl sites for hydroxylation is 1. The van der Waals surface area contributed by atoms with Crippen LogP contribution in [0.3, 0.4) is 0 Å². The number of nitrogens with one attached hydrogen (secondary N) is 1. The first-order chi connectivity index (χ1) is 11.5. The van der Waals surface area contributed by atoms with Crippen molar-refractivity contribution >= 4 is 43.2 Å². The van der Waals surface area contributed by atoms with Crippen molar-refractivity contribution in [3.63, 3.8) is 0 Å². The van der Waals surface area contributed by atoms with E-state index >= 15 is 0 Å². The van der Waals surface area contributed by atoms with Gasteiger partial charge in [0.2, 0.25) is 5.91 Å². The molecule has 132 valence electrons. The number of carbonyl (C=O) groups excluding carboxylic acids is 1. The number of hydrogen-bond acceptors (Lipinski definition) is 3. The predicted octanol–water partition coefficient (Wildman–Crippen LogP) is 3.81. The molecular formula is C18H19BrN2O3S. The zero-order valence-corrected chi connectivity index (χ0v) is 16.8. The number of hydrogen-bond donors (Lipinski definition) is 1. The molecule has 0 aliphatic carbocycles. The van der Waals surface area contributed by atoms with Crippen LogP contribution in [0.15, 0.2) is 45.8 Å². The van der Waals surface area contributed by atoms with Crippen molar-refractivity contribution < 1.29 is 13.2 Å². The van der Waals surface area contributed by atoms with Crippen LogP contribution in [0.25, 0.3) is 0 Å². The van der Waals surface area contributed by atoms with Crippen LogP contribution in [0, 0.1) is 6.92 Å². The summed E-state index contributed by atoms with van der Waals surface area (Å²) in [7, 11) is -2.04. The van der Waals surface area contributed by atoms with Gasteiger partial charge in [-0.05, 0) is 68.3 Å². The third-order valence-electron chi connectivity index (χ3n) is 4.56. The minimum atomic E-state index is -3.74. The van der Waals surface area contributed by atoms with Gasteiger partial charge in [-0.2, -0.15) is 0 Å². The molecule has 0 spiro atoms. The van der Waals surface area contributed by atoms with E-state index in [0.29, 0.717) is 5.69 Å². The molecule has 7 heteroatoms. The van der Waals surface area contributed by atoms with Crippen molar-refractivity contribution in [3.8, 4) is 0 Å². The van der Waals surface area contributed by atoms with Gasteiger partial charge in [-0.1, -0.05) is 15.9 Å². The molecule has 0 radical (unpaired) electrons. The maximum Gasteiger partial charge on any atom is 0.261 e. The summed E-state index contributed by atoms with van der Waals surface area (Å²) in [4.78, 5) is 14.1. The van der Waals surface area contributed by atoms with E-state index in [0.717, 1.165) is 21.3 Å². The van der Waals surface area contributed by atoms with Gasteiger partial charge in [0, 0.05) is 22.9 Å². The van der Waals surface area contributed by atoms with Crippen LogP contribution >= 0.6 is 15.9 Å². The Labute approximate surface area is 156 Å². The highest BCUT2D eigenvalue weighted by molar-refractivity contribution is 9.10. The van der Waals surface area contributed by atoms with Crippen LogP contribution in [-0.4, -0.2) is 21.4 Å². The van der Waals surface area contributed by atoms with Crippen molar-refractivity contribution in [1.29, 1.82) is 0 Å². The number of nitrogens with zero attached hydrogens (tertiary/aromatic N) is 1. The molecule has 1 N–H and O–H groups in total. The van der Waals surface area contributed by atoms with Gasteiger partial charge in [-0.25, -0.2) is 8.42 Å². The molecule has 1 aliphatic rings. The SMILES string of the molecule is Cc1cc(NS(=O)(=O)c2ccc3c(c2)C(C)(C)C(=O)N3C)ccc1Br. The molecule has 1 heterocycles. The molecule has 1 aliphatic heterocycles. The summed E-state index contributed by atoms with van der Waals surface area (Å²) in [5.41, 5.74) is 2.14. The molecule has 0 aromatic heterocycles. The fourth-order valence-corrected chi connectivity index (χ4v) is 4.36. The Morgan fingerprint density at radius 3 is 2.44 bits per heavy atom. The molecule has 0 unspecified atom stereocenters. The minimum absolute atomic E-state index is 0.0476.